The largest absolute Gasteiger partial charge is 0.298 e. The molecule has 0 amide bonds. The molecular formula is C9H9ClO. The number of aldehydes is 1. The zero-order chi connectivity index (χ0) is 8.27. The minimum atomic E-state index is 0.632. The van der Waals surface area contributed by atoms with Gasteiger partial charge in [-0.05, 0) is 18.1 Å². The molecule has 0 aliphatic rings. The van der Waals surface area contributed by atoms with Gasteiger partial charge in [0.1, 0.15) is 6.29 Å². The molecule has 0 spiro atoms. The predicted molar refractivity (Wildman–Crippen MR) is 46.2 cm³/mol. The fourth-order valence-corrected chi connectivity index (χ4v) is 1.25. The summed E-state index contributed by atoms with van der Waals surface area (Å²) in [6.45, 7) is 2.03. The van der Waals surface area contributed by atoms with E-state index in [-0.39, 0.29) is 0 Å². The molecule has 0 fully saturated rings. The zero-order valence-electron chi connectivity index (χ0n) is 6.30. The number of carbonyl (C=O) groups excluding carboxylic acids is 1. The third-order valence-corrected chi connectivity index (χ3v) is 1.95. The van der Waals surface area contributed by atoms with Crippen molar-refractivity contribution < 1.29 is 4.79 Å². The Kier molecular flexibility index (Phi) is 2.66. The van der Waals surface area contributed by atoms with Crippen LogP contribution in [0.5, 0.6) is 0 Å². The first-order valence-corrected chi connectivity index (χ1v) is 3.89. The number of rotatable bonds is 2. The van der Waals surface area contributed by atoms with Crippen LogP contribution in [-0.2, 0) is 6.42 Å². The summed E-state index contributed by atoms with van der Waals surface area (Å²) in [5, 5.41) is 0.678. The molecule has 1 nitrogen and oxygen atoms in total. The van der Waals surface area contributed by atoms with Gasteiger partial charge in [-0.3, -0.25) is 4.79 Å². The summed E-state index contributed by atoms with van der Waals surface area (Å²) in [6, 6.07) is 5.34. The standard InChI is InChI=1S/C9H9ClO/c1-2-8-4-3-7(6-11)5-9(8)10/h3-6H,2H2,1H3. The van der Waals surface area contributed by atoms with Crippen molar-refractivity contribution in [1.29, 1.82) is 0 Å². The summed E-state index contributed by atoms with van der Waals surface area (Å²) in [4.78, 5) is 10.3. The van der Waals surface area contributed by atoms with E-state index in [1.807, 2.05) is 13.0 Å². The van der Waals surface area contributed by atoms with Gasteiger partial charge in [-0.2, -0.15) is 0 Å². The second kappa shape index (κ2) is 3.54. The van der Waals surface area contributed by atoms with Gasteiger partial charge in [0.15, 0.2) is 0 Å². The minimum absolute atomic E-state index is 0.632. The third-order valence-electron chi connectivity index (χ3n) is 1.59. The molecule has 0 unspecified atom stereocenters. The predicted octanol–water partition coefficient (Wildman–Crippen LogP) is 2.71. The number of hydrogen-bond donors (Lipinski definition) is 0. The molecule has 0 saturated heterocycles. The number of halogens is 1. The highest BCUT2D eigenvalue weighted by Crippen LogP contribution is 2.17. The maximum Gasteiger partial charge on any atom is 0.150 e. The number of carbonyl (C=O) groups is 1. The molecule has 0 N–H and O–H groups in total. The molecule has 2 heteroatoms. The van der Waals surface area contributed by atoms with Gasteiger partial charge in [-0.1, -0.05) is 30.7 Å². The maximum absolute atomic E-state index is 10.3. The average molecular weight is 169 g/mol. The Balaban J connectivity index is 3.09. The third kappa shape index (κ3) is 1.81. The van der Waals surface area contributed by atoms with Gasteiger partial charge in [0.05, 0.1) is 0 Å². The van der Waals surface area contributed by atoms with Crippen molar-refractivity contribution in [3.8, 4) is 0 Å². The second-order valence-electron chi connectivity index (χ2n) is 2.32. The van der Waals surface area contributed by atoms with Crippen LogP contribution in [0.1, 0.15) is 22.8 Å². The maximum atomic E-state index is 10.3. The topological polar surface area (TPSA) is 17.1 Å². The van der Waals surface area contributed by atoms with Crippen molar-refractivity contribution in [2.24, 2.45) is 0 Å². The Morgan fingerprint density at radius 3 is 2.73 bits per heavy atom. The molecule has 0 heterocycles. The number of aryl methyl sites for hydroxylation is 1. The molecule has 0 bridgehead atoms. The van der Waals surface area contributed by atoms with Crippen LogP contribution in [0.15, 0.2) is 18.2 Å². The minimum Gasteiger partial charge on any atom is -0.298 e. The monoisotopic (exact) mass is 168 g/mol. The quantitative estimate of drug-likeness (QED) is 0.621. The van der Waals surface area contributed by atoms with Crippen molar-refractivity contribution in [3.05, 3.63) is 34.3 Å². The van der Waals surface area contributed by atoms with Gasteiger partial charge in [0, 0.05) is 10.6 Å². The summed E-state index contributed by atoms with van der Waals surface area (Å²) >= 11 is 5.85. The van der Waals surface area contributed by atoms with Crippen molar-refractivity contribution in [2.45, 2.75) is 13.3 Å². The highest BCUT2D eigenvalue weighted by Gasteiger charge is 1.97. The molecule has 1 rings (SSSR count). The van der Waals surface area contributed by atoms with E-state index in [1.54, 1.807) is 12.1 Å². The summed E-state index contributed by atoms with van der Waals surface area (Å²) < 4.78 is 0. The van der Waals surface area contributed by atoms with Crippen LogP contribution in [0.2, 0.25) is 5.02 Å². The van der Waals surface area contributed by atoms with E-state index in [9.17, 15) is 4.79 Å². The van der Waals surface area contributed by atoms with Crippen LogP contribution >= 0.6 is 11.6 Å². The summed E-state index contributed by atoms with van der Waals surface area (Å²) in [5.74, 6) is 0. The Bertz CT molecular complexity index is 268. The average Bonchev–Trinajstić information content (AvgIpc) is 2.04. The fourth-order valence-electron chi connectivity index (χ4n) is 0.924. The molecule has 58 valence electrons. The van der Waals surface area contributed by atoms with Gasteiger partial charge in [0.2, 0.25) is 0 Å². The van der Waals surface area contributed by atoms with E-state index in [1.165, 1.54) is 0 Å². The fraction of sp³-hybridized carbons (Fsp3) is 0.222. The Hall–Kier alpha value is -0.820. The highest BCUT2D eigenvalue weighted by atomic mass is 35.5. The molecule has 1 aromatic carbocycles. The van der Waals surface area contributed by atoms with Crippen LogP contribution in [0, 0.1) is 0 Å². The number of hydrogen-bond acceptors (Lipinski definition) is 1. The van der Waals surface area contributed by atoms with Gasteiger partial charge in [-0.15, -0.1) is 0 Å². The van der Waals surface area contributed by atoms with Crippen molar-refractivity contribution in [1.82, 2.24) is 0 Å². The van der Waals surface area contributed by atoms with Crippen LogP contribution < -0.4 is 0 Å². The highest BCUT2D eigenvalue weighted by molar-refractivity contribution is 6.31. The van der Waals surface area contributed by atoms with Gasteiger partial charge >= 0.3 is 0 Å². The first kappa shape index (κ1) is 8.28. The smallest absolute Gasteiger partial charge is 0.150 e. The lowest BCUT2D eigenvalue weighted by Crippen LogP contribution is -1.84. The van der Waals surface area contributed by atoms with E-state index in [4.69, 9.17) is 11.6 Å². The molecular weight excluding hydrogens is 160 g/mol. The molecule has 0 aliphatic heterocycles. The van der Waals surface area contributed by atoms with Gasteiger partial charge in [-0.25, -0.2) is 0 Å². The molecule has 0 aromatic heterocycles. The second-order valence-corrected chi connectivity index (χ2v) is 2.73. The van der Waals surface area contributed by atoms with Gasteiger partial charge < -0.3 is 0 Å². The lowest BCUT2D eigenvalue weighted by atomic mass is 10.1. The summed E-state index contributed by atoms with van der Waals surface area (Å²) in [6.07, 6.45) is 1.70. The zero-order valence-corrected chi connectivity index (χ0v) is 7.06. The van der Waals surface area contributed by atoms with Crippen LogP contribution in [0.3, 0.4) is 0 Å². The van der Waals surface area contributed by atoms with Gasteiger partial charge in [0.25, 0.3) is 0 Å². The Morgan fingerprint density at radius 2 is 2.27 bits per heavy atom. The van der Waals surface area contributed by atoms with E-state index in [0.717, 1.165) is 18.3 Å². The molecule has 0 atom stereocenters. The van der Waals surface area contributed by atoms with Crippen molar-refractivity contribution in [2.75, 3.05) is 0 Å². The molecule has 0 saturated carbocycles. The van der Waals surface area contributed by atoms with Crippen LogP contribution in [0.4, 0.5) is 0 Å². The van der Waals surface area contributed by atoms with Crippen LogP contribution in [-0.4, -0.2) is 6.29 Å². The van der Waals surface area contributed by atoms with E-state index >= 15 is 0 Å². The molecule has 0 radical (unpaired) electrons. The SMILES string of the molecule is CCc1ccc(C=O)cc1Cl. The first-order chi connectivity index (χ1) is 5.27. The number of benzene rings is 1. The van der Waals surface area contributed by atoms with E-state index in [2.05, 4.69) is 0 Å². The molecule has 1 aromatic rings. The Labute approximate surface area is 71.0 Å². The normalized spacial score (nSPS) is 9.64. The lowest BCUT2D eigenvalue weighted by Gasteiger charge is -1.99. The lowest BCUT2D eigenvalue weighted by molar-refractivity contribution is 0.112. The summed E-state index contributed by atoms with van der Waals surface area (Å²) in [7, 11) is 0. The molecule has 0 aliphatic carbocycles. The van der Waals surface area contributed by atoms with Crippen LogP contribution in [0.25, 0.3) is 0 Å². The summed E-state index contributed by atoms with van der Waals surface area (Å²) in [5.41, 5.74) is 1.71. The van der Waals surface area contributed by atoms with E-state index < -0.39 is 0 Å². The first-order valence-electron chi connectivity index (χ1n) is 3.51. The molecule has 11 heavy (non-hydrogen) atoms. The van der Waals surface area contributed by atoms with E-state index in [0.29, 0.717) is 10.6 Å². The Morgan fingerprint density at radius 1 is 1.55 bits per heavy atom. The van der Waals surface area contributed by atoms with Crippen molar-refractivity contribution >= 4 is 17.9 Å². The van der Waals surface area contributed by atoms with Crippen molar-refractivity contribution in [3.63, 3.8) is 0 Å².